The number of Topliss-reactive ketones (excluding diaryl/α,β-unsaturated/α-hetero) is 1. The molecule has 4 unspecified atom stereocenters. The molecule has 6 aromatic carbocycles. The normalized spacial score (nSPS) is 20.9. The number of halogens is 4. The fraction of sp³-hybridized carbons (Fsp3) is 0.325. The number of urea groups is 2. The number of hydrogen-bond donors (Lipinski definition) is 9. The number of nitrogens with zero attached hydrogens (tertiary/aromatic N) is 7. The number of aromatic nitrogens is 4. The van der Waals surface area contributed by atoms with Gasteiger partial charge in [-0.05, 0) is 122 Å². The minimum atomic E-state index is -0.750. The van der Waals surface area contributed by atoms with Gasteiger partial charge in [0.25, 0.3) is 23.9 Å². The molecule has 12 N–H and O–H groups in total. The quantitative estimate of drug-likeness (QED) is 0.0584. The third-order valence-corrected chi connectivity index (χ3v) is 20.0. The fourth-order valence-corrected chi connectivity index (χ4v) is 15.1. The molecule has 1 radical (unpaired) electrons. The van der Waals surface area contributed by atoms with Gasteiger partial charge in [0, 0.05) is 117 Å². The SMILES string of the molecule is C.C.C.C.C.N#CBr.NC1(CO)Cc2ccc(Br)cc2C1.NC1=NC2(CO1)Cc1ccc(-c3cncnc3)cc1C2.NC1=NC2(CO1)Cc1ccc(Br)cc1C2.O=C1Cc2ccccc2C1.O=C1NC(=O)C2(Cc3ccc(Br)cc3C2)N1.O=C1NC(=O)C2(Cc3ccccc3C2)N1.O[B]Oc1cncnc1. The summed E-state index contributed by atoms with van der Waals surface area (Å²) in [6.07, 6.45) is 18.3. The summed E-state index contributed by atoms with van der Waals surface area (Å²) >= 11 is 12.8. The molecule has 4 aliphatic heterocycles. The Balaban J connectivity index is 0.000000193. The van der Waals surface area contributed by atoms with Gasteiger partial charge in [0.15, 0.2) is 0 Å². The molecule has 10 aliphatic rings. The molecule has 29 heteroatoms. The van der Waals surface area contributed by atoms with Crippen LogP contribution in [0.2, 0.25) is 0 Å². The number of ketones is 1. The highest BCUT2D eigenvalue weighted by molar-refractivity contribution is 9.12. The number of amidine groups is 2. The lowest BCUT2D eigenvalue weighted by Crippen LogP contribution is -2.47. The maximum Gasteiger partial charge on any atom is 0.569 e. The number of aliphatic hydroxyl groups excluding tert-OH is 1. The number of ether oxygens (including phenoxy) is 2. The van der Waals surface area contributed by atoms with Crippen molar-refractivity contribution < 1.29 is 48.2 Å². The van der Waals surface area contributed by atoms with Crippen LogP contribution in [0.15, 0.2) is 182 Å². The Morgan fingerprint density at radius 3 is 1.25 bits per heavy atom. The molecule has 8 aromatic rings. The van der Waals surface area contributed by atoms with Crippen molar-refractivity contribution in [1.82, 2.24) is 41.2 Å². The van der Waals surface area contributed by atoms with Gasteiger partial charge in [-0.2, -0.15) is 5.26 Å². The molecule has 6 amide bonds. The number of nitriles is 1. The number of carbonyl (C=O) groups is 5. The van der Waals surface area contributed by atoms with Crippen LogP contribution in [0.5, 0.6) is 5.75 Å². The van der Waals surface area contributed by atoms with E-state index in [0.29, 0.717) is 83.0 Å². The summed E-state index contributed by atoms with van der Waals surface area (Å²) in [6, 6.07) is 40.8. The first kappa shape index (κ1) is 85.7. The average Bonchev–Trinajstić information content (AvgIpc) is 1.59. The molecule has 6 heterocycles. The molecular weight excluding hydrogens is 1610 g/mol. The Hall–Kier alpha value is -9.28. The standard InChI is InChI=1S/C15H14N4O.C11H9BrN2O2.C11H11BrN2O.C11H10N2O2.C10H12BrNO.C9H8O.C4H4BN2O2.CBrN.5CH4/c16-14-19-15(8-20-14)4-11-2-1-10(3-12(11)5-15)13-6-17-9-18-7-13;12-8-2-1-6-4-11(5-7(6)3-8)9(15)13-10(16)14-11;12-9-2-1-7-4-11(5-8(7)3-9)6-15-10(13)14-11;14-9-11(13-10(15)12-9)5-7-3-1-2-4-8(7)6-11;11-9-2-1-7-4-10(12,6-13)5-8(7)3-9;10-9-5-7-3-1-2-4-8(7)6-9;8-5-9-4-1-6-3-7-2-4;2-1-3;;;;;/h1-3,6-7,9H,4-5,8H2,(H2,16,19);1-3H,4-5H2,(H2,13,14,15,16);1-3H,4-6H2,(H2,13,14);1-4H,5-6H2,(H2,12,13,14,15);1-3,13H,4-6,12H2;1-4H,5-6H2;1-3,8H;;5*1H4. The molecule has 24 nitrogen and oxygen atoms in total. The molecule has 0 bridgehead atoms. The maximum atomic E-state index is 11.8. The minimum absolute atomic E-state index is 0. The zero-order valence-corrected chi connectivity index (χ0v) is 60.6. The highest BCUT2D eigenvalue weighted by Crippen LogP contribution is 2.40. The number of fused-ring (bicyclic) bond motifs is 6. The average molecular weight is 1700 g/mol. The number of amides is 6. The second-order valence-corrected chi connectivity index (χ2v) is 29.0. The number of nitrogens with one attached hydrogen (secondary N) is 4. The molecule has 18 rings (SSSR count). The van der Waals surface area contributed by atoms with Crippen molar-refractivity contribution in [1.29, 1.82) is 5.26 Å². The van der Waals surface area contributed by atoms with E-state index in [0.717, 1.165) is 85.3 Å². The highest BCUT2D eigenvalue weighted by atomic mass is 79.9. The van der Waals surface area contributed by atoms with Crippen LogP contribution in [0.4, 0.5) is 9.59 Å². The predicted molar refractivity (Wildman–Crippen MR) is 424 cm³/mol. The van der Waals surface area contributed by atoms with Gasteiger partial charge in [-0.25, -0.2) is 39.5 Å². The molecule has 4 spiro atoms. The number of nitrogens with two attached hydrogens (primary N) is 3. The van der Waals surface area contributed by atoms with E-state index in [9.17, 15) is 24.0 Å². The third-order valence-electron chi connectivity index (χ3n) is 18.5. The van der Waals surface area contributed by atoms with E-state index in [2.05, 4.69) is 168 Å². The second-order valence-electron chi connectivity index (χ2n) is 25.9. The number of rotatable bonds is 4. The van der Waals surface area contributed by atoms with Crippen LogP contribution in [0.3, 0.4) is 0 Å². The summed E-state index contributed by atoms with van der Waals surface area (Å²) in [5.74, 6) is 0.342. The third kappa shape index (κ3) is 20.7. The van der Waals surface area contributed by atoms with Gasteiger partial charge in [-0.15, -0.1) is 0 Å². The van der Waals surface area contributed by atoms with E-state index < -0.39 is 22.6 Å². The first-order chi connectivity index (χ1) is 48.5. The molecule has 557 valence electrons. The first-order valence-corrected chi connectivity index (χ1v) is 35.1. The Labute approximate surface area is 652 Å². The Morgan fingerprint density at radius 1 is 0.500 bits per heavy atom. The van der Waals surface area contributed by atoms with Crippen molar-refractivity contribution in [2.24, 2.45) is 27.2 Å². The Kier molecular flexibility index (Phi) is 30.1. The van der Waals surface area contributed by atoms with Crippen LogP contribution in [-0.4, -0.2) is 127 Å². The Morgan fingerprint density at radius 2 is 0.849 bits per heavy atom. The molecule has 6 aliphatic carbocycles. The summed E-state index contributed by atoms with van der Waals surface area (Å²) < 4.78 is 18.3. The van der Waals surface area contributed by atoms with E-state index in [1.54, 1.807) is 11.3 Å². The van der Waals surface area contributed by atoms with E-state index >= 15 is 0 Å². The number of hydrogen-bond acceptors (Lipinski definition) is 20. The lowest BCUT2D eigenvalue weighted by atomic mass is 9.96. The van der Waals surface area contributed by atoms with Crippen LogP contribution in [-0.2, 0) is 101 Å². The molecule has 0 saturated carbocycles. The monoisotopic (exact) mass is 1700 g/mol. The van der Waals surface area contributed by atoms with Crippen LogP contribution in [0, 0.1) is 10.2 Å². The highest BCUT2D eigenvalue weighted by Gasteiger charge is 2.51. The zero-order chi connectivity index (χ0) is 71.5. The van der Waals surface area contributed by atoms with Gasteiger partial charge in [0.05, 0.1) is 19.0 Å². The van der Waals surface area contributed by atoms with Crippen molar-refractivity contribution in [3.63, 3.8) is 0 Å². The van der Waals surface area contributed by atoms with E-state index in [1.165, 1.54) is 63.2 Å². The summed E-state index contributed by atoms with van der Waals surface area (Å²) in [7, 11) is 0.582. The Bertz CT molecular complexity index is 4530. The van der Waals surface area contributed by atoms with Crippen molar-refractivity contribution in [3.05, 3.63) is 239 Å². The van der Waals surface area contributed by atoms with Crippen molar-refractivity contribution >= 4 is 113 Å². The first-order valence-electron chi connectivity index (χ1n) is 31.9. The largest absolute Gasteiger partial charge is 0.569 e. The summed E-state index contributed by atoms with van der Waals surface area (Å²) in [4.78, 5) is 82.5. The number of benzene rings is 6. The molecule has 106 heavy (non-hydrogen) atoms. The summed E-state index contributed by atoms with van der Waals surface area (Å²) in [5, 5.41) is 34.5. The summed E-state index contributed by atoms with van der Waals surface area (Å²) in [6.45, 7) is 1.25. The van der Waals surface area contributed by atoms with Crippen LogP contribution < -0.4 is 43.1 Å². The topological polar surface area (TPSA) is 380 Å². The smallest absolute Gasteiger partial charge is 0.535 e. The van der Waals surface area contributed by atoms with Crippen LogP contribution in [0.1, 0.15) is 104 Å². The lowest BCUT2D eigenvalue weighted by Gasteiger charge is -2.19. The molecule has 4 atom stereocenters. The molecule has 2 aromatic heterocycles. The van der Waals surface area contributed by atoms with Gasteiger partial charge in [-0.1, -0.05) is 170 Å². The van der Waals surface area contributed by atoms with Gasteiger partial charge >= 0.3 is 19.7 Å². The van der Waals surface area contributed by atoms with Gasteiger partial charge in [0.2, 0.25) is 0 Å². The molecule has 2 fully saturated rings. The fourth-order valence-electron chi connectivity index (χ4n) is 13.9. The number of imide groups is 2. The zero-order valence-electron chi connectivity index (χ0n) is 54.2. The van der Waals surface area contributed by atoms with Gasteiger partial charge < -0.3 is 52.1 Å². The predicted octanol–water partition coefficient (Wildman–Crippen LogP) is 10.5. The van der Waals surface area contributed by atoms with Crippen molar-refractivity contribution in [2.45, 2.75) is 142 Å². The van der Waals surface area contributed by atoms with E-state index in [-0.39, 0.29) is 72.7 Å². The van der Waals surface area contributed by atoms with E-state index in [4.69, 9.17) is 42.1 Å². The van der Waals surface area contributed by atoms with Crippen molar-refractivity contribution in [3.8, 4) is 21.9 Å². The number of carbonyl (C=O) groups excluding carboxylic acids is 5. The summed E-state index contributed by atoms with van der Waals surface area (Å²) in [5.41, 5.74) is 32.0. The van der Waals surface area contributed by atoms with Crippen LogP contribution >= 0.6 is 63.7 Å². The molecular formula is C77H88BBr4N14O10. The maximum absolute atomic E-state index is 11.8. The van der Waals surface area contributed by atoms with E-state index in [1.807, 2.05) is 85.2 Å². The van der Waals surface area contributed by atoms with Crippen LogP contribution in [0.25, 0.3) is 11.1 Å². The molecule has 2 saturated heterocycles. The number of aliphatic hydroxyl groups is 1. The minimum Gasteiger partial charge on any atom is -0.535 e. The van der Waals surface area contributed by atoms with Crippen molar-refractivity contribution in [2.75, 3.05) is 19.8 Å². The lowest BCUT2D eigenvalue weighted by molar-refractivity contribution is -0.124. The second kappa shape index (κ2) is 37.3. The van der Waals surface area contributed by atoms with Gasteiger partial charge in [-0.3, -0.25) is 25.0 Å². The van der Waals surface area contributed by atoms with Gasteiger partial charge in [0.1, 0.15) is 64.5 Å². The number of aliphatic imine (C=N–C) groups is 2.